The molecule has 0 bridgehead atoms. The van der Waals surface area contributed by atoms with E-state index in [1.807, 2.05) is 36.4 Å². The van der Waals surface area contributed by atoms with E-state index in [9.17, 15) is 9.59 Å². The third-order valence-electron chi connectivity index (χ3n) is 4.69. The molecule has 1 amide bonds. The van der Waals surface area contributed by atoms with E-state index in [0.29, 0.717) is 22.3 Å². The highest BCUT2D eigenvalue weighted by Gasteiger charge is 2.14. The summed E-state index contributed by atoms with van der Waals surface area (Å²) in [6.07, 6.45) is 0. The van der Waals surface area contributed by atoms with Gasteiger partial charge in [0.2, 0.25) is 0 Å². The van der Waals surface area contributed by atoms with E-state index < -0.39 is 0 Å². The average Bonchev–Trinajstić information content (AvgIpc) is 2.72. The Morgan fingerprint density at radius 2 is 1.82 bits per heavy atom. The Morgan fingerprint density at radius 1 is 1.07 bits per heavy atom. The number of aromatic nitrogens is 2. The molecule has 4 rings (SSSR count). The molecule has 1 aromatic heterocycles. The van der Waals surface area contributed by atoms with Crippen LogP contribution in [0.4, 0.5) is 0 Å². The van der Waals surface area contributed by atoms with Crippen LogP contribution in [0, 0.1) is 0 Å². The van der Waals surface area contributed by atoms with Crippen molar-refractivity contribution < 1.29 is 9.53 Å². The van der Waals surface area contributed by atoms with Gasteiger partial charge < -0.3 is 14.6 Å². The Kier molecular flexibility index (Phi) is 4.53. The number of rotatable bonds is 4. The molecule has 6 heteroatoms. The highest BCUT2D eigenvalue weighted by Crippen LogP contribution is 2.22. The van der Waals surface area contributed by atoms with Crippen molar-refractivity contribution in [3.05, 3.63) is 82.4 Å². The highest BCUT2D eigenvalue weighted by atomic mass is 16.5. The zero-order chi connectivity index (χ0) is 19.7. The van der Waals surface area contributed by atoms with Crippen LogP contribution >= 0.6 is 0 Å². The van der Waals surface area contributed by atoms with Crippen LogP contribution in [0.15, 0.2) is 65.5 Å². The van der Waals surface area contributed by atoms with E-state index in [1.165, 1.54) is 4.90 Å². The van der Waals surface area contributed by atoms with Crippen molar-refractivity contribution in [1.82, 2.24) is 14.9 Å². The first-order valence-electron chi connectivity index (χ1n) is 8.86. The third-order valence-corrected chi connectivity index (χ3v) is 4.69. The molecule has 0 saturated heterocycles. The van der Waals surface area contributed by atoms with Crippen LogP contribution in [0.25, 0.3) is 21.7 Å². The van der Waals surface area contributed by atoms with Crippen molar-refractivity contribution in [2.45, 2.75) is 6.54 Å². The summed E-state index contributed by atoms with van der Waals surface area (Å²) in [5, 5.41) is 2.49. The van der Waals surface area contributed by atoms with Crippen molar-refractivity contribution in [1.29, 1.82) is 0 Å². The molecule has 4 aromatic rings. The SMILES string of the molecule is COc1ccc2cc(C(=O)N(C)Cc3nc4ccccc4c(=O)[nH]3)ccc2c1. The number of benzene rings is 3. The largest absolute Gasteiger partial charge is 0.497 e. The average molecular weight is 373 g/mol. The first-order chi connectivity index (χ1) is 13.5. The van der Waals surface area contributed by atoms with Gasteiger partial charge in [0.05, 0.1) is 24.6 Å². The number of nitrogens with zero attached hydrogens (tertiary/aromatic N) is 2. The topological polar surface area (TPSA) is 75.3 Å². The number of nitrogens with one attached hydrogen (secondary N) is 1. The Bertz CT molecular complexity index is 1250. The standard InChI is InChI=1S/C22H19N3O3/c1-25(13-20-23-19-6-4-3-5-18(19)21(26)24-20)22(27)16-8-7-15-12-17(28-2)10-9-14(15)11-16/h3-12H,13H2,1-2H3,(H,23,24,26). The number of ether oxygens (including phenoxy) is 1. The molecule has 0 atom stereocenters. The van der Waals surface area contributed by atoms with Gasteiger partial charge in [-0.1, -0.05) is 24.3 Å². The maximum absolute atomic E-state index is 12.8. The van der Waals surface area contributed by atoms with Gasteiger partial charge in [-0.2, -0.15) is 0 Å². The van der Waals surface area contributed by atoms with Crippen molar-refractivity contribution in [2.24, 2.45) is 0 Å². The normalized spacial score (nSPS) is 10.9. The zero-order valence-corrected chi connectivity index (χ0v) is 15.6. The minimum atomic E-state index is -0.207. The van der Waals surface area contributed by atoms with Crippen LogP contribution in [0.1, 0.15) is 16.2 Å². The molecule has 0 aliphatic carbocycles. The molecular formula is C22H19N3O3. The van der Waals surface area contributed by atoms with Gasteiger partial charge in [0.1, 0.15) is 11.6 Å². The summed E-state index contributed by atoms with van der Waals surface area (Å²) in [5.41, 5.74) is 0.978. The minimum Gasteiger partial charge on any atom is -0.497 e. The second-order valence-electron chi connectivity index (χ2n) is 6.62. The summed E-state index contributed by atoms with van der Waals surface area (Å²) < 4.78 is 5.23. The quantitative estimate of drug-likeness (QED) is 0.595. The monoisotopic (exact) mass is 373 g/mol. The van der Waals surface area contributed by atoms with Gasteiger partial charge in [-0.25, -0.2) is 4.98 Å². The second kappa shape index (κ2) is 7.15. The smallest absolute Gasteiger partial charge is 0.258 e. The highest BCUT2D eigenvalue weighted by molar-refractivity contribution is 5.98. The van der Waals surface area contributed by atoms with Crippen LogP contribution in [-0.4, -0.2) is 34.9 Å². The van der Waals surface area contributed by atoms with E-state index >= 15 is 0 Å². The first-order valence-corrected chi connectivity index (χ1v) is 8.86. The Morgan fingerprint density at radius 3 is 2.64 bits per heavy atom. The molecule has 3 aromatic carbocycles. The molecule has 0 aliphatic rings. The fourth-order valence-corrected chi connectivity index (χ4v) is 3.21. The number of para-hydroxylation sites is 1. The lowest BCUT2D eigenvalue weighted by atomic mass is 10.1. The van der Waals surface area contributed by atoms with Crippen LogP contribution in [-0.2, 0) is 6.54 Å². The maximum atomic E-state index is 12.8. The zero-order valence-electron chi connectivity index (χ0n) is 15.6. The van der Waals surface area contributed by atoms with Crippen LogP contribution in [0.3, 0.4) is 0 Å². The molecule has 0 saturated carbocycles. The lowest BCUT2D eigenvalue weighted by molar-refractivity contribution is 0.0781. The summed E-state index contributed by atoms with van der Waals surface area (Å²) in [7, 11) is 3.31. The van der Waals surface area contributed by atoms with Crippen molar-refractivity contribution >= 4 is 27.6 Å². The van der Waals surface area contributed by atoms with E-state index in [-0.39, 0.29) is 18.0 Å². The number of carbonyl (C=O) groups excluding carboxylic acids is 1. The number of aromatic amines is 1. The molecule has 0 fully saturated rings. The summed E-state index contributed by atoms with van der Waals surface area (Å²) in [5.74, 6) is 1.08. The van der Waals surface area contributed by atoms with Gasteiger partial charge in [0.25, 0.3) is 11.5 Å². The van der Waals surface area contributed by atoms with Gasteiger partial charge in [-0.3, -0.25) is 9.59 Å². The number of H-pyrrole nitrogens is 1. The summed E-state index contributed by atoms with van der Waals surface area (Å²) in [6, 6.07) is 18.4. The number of hydrogen-bond donors (Lipinski definition) is 1. The summed E-state index contributed by atoms with van der Waals surface area (Å²) in [6.45, 7) is 0.208. The summed E-state index contributed by atoms with van der Waals surface area (Å²) >= 11 is 0. The van der Waals surface area contributed by atoms with Gasteiger partial charge >= 0.3 is 0 Å². The number of methoxy groups -OCH3 is 1. The van der Waals surface area contributed by atoms with Crippen LogP contribution in [0.2, 0.25) is 0 Å². The molecule has 6 nitrogen and oxygen atoms in total. The van der Waals surface area contributed by atoms with E-state index in [1.54, 1.807) is 38.4 Å². The molecule has 0 radical (unpaired) electrons. The predicted octanol–water partition coefficient (Wildman–Crippen LogP) is 3.36. The number of amides is 1. The van der Waals surface area contributed by atoms with Gasteiger partial charge in [0.15, 0.2) is 0 Å². The maximum Gasteiger partial charge on any atom is 0.258 e. The molecule has 1 heterocycles. The number of fused-ring (bicyclic) bond motifs is 2. The van der Waals surface area contributed by atoms with Crippen molar-refractivity contribution in [3.63, 3.8) is 0 Å². The van der Waals surface area contributed by atoms with Crippen LogP contribution in [0.5, 0.6) is 5.75 Å². The van der Waals surface area contributed by atoms with E-state index in [0.717, 1.165) is 16.5 Å². The Hall–Kier alpha value is -3.67. The lowest BCUT2D eigenvalue weighted by Crippen LogP contribution is -2.28. The predicted molar refractivity (Wildman–Crippen MR) is 109 cm³/mol. The second-order valence-corrected chi connectivity index (χ2v) is 6.62. The Labute approximate surface area is 161 Å². The van der Waals surface area contributed by atoms with Crippen molar-refractivity contribution in [2.75, 3.05) is 14.2 Å². The number of carbonyl (C=O) groups is 1. The van der Waals surface area contributed by atoms with Gasteiger partial charge in [-0.15, -0.1) is 0 Å². The van der Waals surface area contributed by atoms with Gasteiger partial charge in [-0.05, 0) is 47.2 Å². The van der Waals surface area contributed by atoms with Gasteiger partial charge in [0, 0.05) is 12.6 Å². The molecule has 0 aliphatic heterocycles. The molecule has 0 unspecified atom stereocenters. The van der Waals surface area contributed by atoms with E-state index in [4.69, 9.17) is 4.74 Å². The number of hydrogen-bond acceptors (Lipinski definition) is 4. The Balaban J connectivity index is 1.59. The fourth-order valence-electron chi connectivity index (χ4n) is 3.21. The fraction of sp³-hybridized carbons (Fsp3) is 0.136. The minimum absolute atomic E-state index is 0.145. The molecule has 0 spiro atoms. The third kappa shape index (κ3) is 3.32. The summed E-state index contributed by atoms with van der Waals surface area (Å²) in [4.78, 5) is 33.8. The molecule has 140 valence electrons. The van der Waals surface area contributed by atoms with Crippen LogP contribution < -0.4 is 10.3 Å². The lowest BCUT2D eigenvalue weighted by Gasteiger charge is -2.17. The molecule has 1 N–H and O–H groups in total. The van der Waals surface area contributed by atoms with E-state index in [2.05, 4.69) is 9.97 Å². The molecule has 28 heavy (non-hydrogen) atoms. The first kappa shape index (κ1) is 17.7. The molecular weight excluding hydrogens is 354 g/mol. The van der Waals surface area contributed by atoms with Crippen molar-refractivity contribution in [3.8, 4) is 5.75 Å².